The highest BCUT2D eigenvalue weighted by Crippen LogP contribution is 2.28. The van der Waals surface area contributed by atoms with E-state index in [0.29, 0.717) is 47.5 Å². The number of methoxy groups -OCH3 is 1. The van der Waals surface area contributed by atoms with Crippen LogP contribution in [0.25, 0.3) is 11.1 Å². The van der Waals surface area contributed by atoms with E-state index in [4.69, 9.17) is 4.74 Å². The number of aliphatic carboxylic acids is 1. The Bertz CT molecular complexity index is 1470. The molecule has 3 aromatic carbocycles. The van der Waals surface area contributed by atoms with Crippen molar-refractivity contribution >= 4 is 17.8 Å². The average molecular weight is 538 g/mol. The maximum Gasteiger partial charge on any atom is 0.305 e. The van der Waals surface area contributed by atoms with Crippen LogP contribution >= 0.6 is 0 Å². The molecule has 1 heterocycles. The minimum absolute atomic E-state index is 0.0609. The molecular formula is C32H31N3O5. The van der Waals surface area contributed by atoms with Crippen molar-refractivity contribution in [3.05, 3.63) is 120 Å². The monoisotopic (exact) mass is 537 g/mol. The van der Waals surface area contributed by atoms with Gasteiger partial charge in [-0.05, 0) is 59.0 Å². The molecule has 1 aromatic heterocycles. The van der Waals surface area contributed by atoms with E-state index in [0.717, 1.165) is 11.1 Å². The molecule has 0 spiro atoms. The first kappa shape index (κ1) is 28.0. The third-order valence-corrected chi connectivity index (χ3v) is 6.48. The number of rotatable bonds is 12. The third-order valence-electron chi connectivity index (χ3n) is 6.48. The van der Waals surface area contributed by atoms with Gasteiger partial charge in [0.2, 0.25) is 0 Å². The zero-order valence-electron chi connectivity index (χ0n) is 22.2. The number of hydrogen-bond donors (Lipinski definition) is 2. The standard InChI is InChI=1S/C32H31N3O5/c1-40-25-10-6-8-24(20-25)22-34-31(38)28-13-4-2-11-26(28)27-12-3-5-14-29(27)32(39)35(19-16-30(36)37)18-15-23-9-7-17-33-21-23/h2-14,17,20-21H,15-16,18-19,22H2,1H3,(H,34,38)(H,36,37). The summed E-state index contributed by atoms with van der Waals surface area (Å²) in [4.78, 5) is 44.2. The normalized spacial score (nSPS) is 10.5. The highest BCUT2D eigenvalue weighted by atomic mass is 16.5. The van der Waals surface area contributed by atoms with E-state index in [9.17, 15) is 19.5 Å². The first-order valence-corrected chi connectivity index (χ1v) is 13.0. The molecular weight excluding hydrogens is 506 g/mol. The Kier molecular flexibility index (Phi) is 9.61. The van der Waals surface area contributed by atoms with Gasteiger partial charge in [-0.3, -0.25) is 19.4 Å². The predicted octanol–water partition coefficient (Wildman–Crippen LogP) is 4.85. The van der Waals surface area contributed by atoms with Gasteiger partial charge in [-0.1, -0.05) is 54.6 Å². The fraction of sp³-hybridized carbons (Fsp3) is 0.188. The number of carboxylic acid groups (broad SMARTS) is 1. The van der Waals surface area contributed by atoms with Gasteiger partial charge in [0.15, 0.2) is 0 Å². The third kappa shape index (κ3) is 7.32. The zero-order valence-corrected chi connectivity index (χ0v) is 22.2. The van der Waals surface area contributed by atoms with Crippen molar-refractivity contribution in [2.75, 3.05) is 20.2 Å². The number of aromatic nitrogens is 1. The van der Waals surface area contributed by atoms with Gasteiger partial charge in [-0.2, -0.15) is 0 Å². The molecule has 0 saturated heterocycles. The second-order valence-electron chi connectivity index (χ2n) is 9.17. The van der Waals surface area contributed by atoms with Crippen LogP contribution in [-0.2, 0) is 17.8 Å². The number of carboxylic acids is 1. The number of amides is 2. The van der Waals surface area contributed by atoms with Crippen LogP contribution in [0, 0.1) is 0 Å². The zero-order chi connectivity index (χ0) is 28.3. The smallest absolute Gasteiger partial charge is 0.305 e. The van der Waals surface area contributed by atoms with E-state index in [2.05, 4.69) is 10.3 Å². The van der Waals surface area contributed by atoms with Crippen molar-refractivity contribution in [1.82, 2.24) is 15.2 Å². The van der Waals surface area contributed by atoms with Crippen LogP contribution in [0.5, 0.6) is 5.75 Å². The lowest BCUT2D eigenvalue weighted by Crippen LogP contribution is -2.35. The molecule has 8 heteroatoms. The summed E-state index contributed by atoms with van der Waals surface area (Å²) in [6.45, 7) is 0.697. The van der Waals surface area contributed by atoms with Crippen LogP contribution < -0.4 is 10.1 Å². The van der Waals surface area contributed by atoms with Gasteiger partial charge in [0.05, 0.1) is 13.5 Å². The molecule has 0 aliphatic rings. The molecule has 0 atom stereocenters. The number of benzene rings is 3. The summed E-state index contributed by atoms with van der Waals surface area (Å²) in [5.74, 6) is -0.853. The van der Waals surface area contributed by atoms with Crippen LogP contribution in [0.3, 0.4) is 0 Å². The van der Waals surface area contributed by atoms with Crippen molar-refractivity contribution < 1.29 is 24.2 Å². The highest BCUT2D eigenvalue weighted by Gasteiger charge is 2.22. The summed E-state index contributed by atoms with van der Waals surface area (Å²) in [6, 6.07) is 25.4. The second kappa shape index (κ2) is 13.7. The molecule has 204 valence electrons. The van der Waals surface area contributed by atoms with Crippen LogP contribution in [0.15, 0.2) is 97.3 Å². The SMILES string of the molecule is COc1cccc(CNC(=O)c2ccccc2-c2ccccc2C(=O)N(CCC(=O)O)CCc2cccnc2)c1. The summed E-state index contributed by atoms with van der Waals surface area (Å²) in [7, 11) is 1.59. The van der Waals surface area contributed by atoms with E-state index in [-0.39, 0.29) is 24.8 Å². The molecule has 0 fully saturated rings. The maximum atomic E-state index is 13.8. The summed E-state index contributed by atoms with van der Waals surface area (Å²) < 4.78 is 5.27. The predicted molar refractivity (Wildman–Crippen MR) is 152 cm³/mol. The molecule has 0 aliphatic heterocycles. The van der Waals surface area contributed by atoms with Gasteiger partial charge in [0.1, 0.15) is 5.75 Å². The quantitative estimate of drug-likeness (QED) is 0.268. The van der Waals surface area contributed by atoms with Crippen LogP contribution in [-0.4, -0.2) is 53.0 Å². The minimum atomic E-state index is -0.981. The number of pyridine rings is 1. The Morgan fingerprint density at radius 1 is 0.850 bits per heavy atom. The van der Waals surface area contributed by atoms with Crippen LogP contribution in [0.1, 0.15) is 38.3 Å². The molecule has 0 aliphatic carbocycles. The van der Waals surface area contributed by atoms with Gasteiger partial charge >= 0.3 is 5.97 Å². The van der Waals surface area contributed by atoms with Gasteiger partial charge < -0.3 is 20.1 Å². The molecule has 0 saturated carbocycles. The number of ether oxygens (including phenoxy) is 1. The van der Waals surface area contributed by atoms with Gasteiger partial charge in [0, 0.05) is 43.2 Å². The Balaban J connectivity index is 1.59. The molecule has 0 radical (unpaired) electrons. The number of nitrogens with zero attached hydrogens (tertiary/aromatic N) is 2. The first-order valence-electron chi connectivity index (χ1n) is 13.0. The molecule has 2 amide bonds. The van der Waals surface area contributed by atoms with Crippen molar-refractivity contribution in [3.63, 3.8) is 0 Å². The fourth-order valence-electron chi connectivity index (χ4n) is 4.41. The van der Waals surface area contributed by atoms with Crippen molar-refractivity contribution in [3.8, 4) is 16.9 Å². The lowest BCUT2D eigenvalue weighted by atomic mass is 9.94. The Hall–Kier alpha value is -4.98. The number of carbonyl (C=O) groups is 3. The molecule has 8 nitrogen and oxygen atoms in total. The van der Waals surface area contributed by atoms with Crippen molar-refractivity contribution in [2.45, 2.75) is 19.4 Å². The van der Waals surface area contributed by atoms with E-state index in [1.807, 2.05) is 54.6 Å². The Labute approximate surface area is 233 Å². The molecule has 0 unspecified atom stereocenters. The van der Waals surface area contributed by atoms with Gasteiger partial charge in [-0.15, -0.1) is 0 Å². The van der Waals surface area contributed by atoms with Gasteiger partial charge in [0.25, 0.3) is 11.8 Å². The second-order valence-corrected chi connectivity index (χ2v) is 9.17. The van der Waals surface area contributed by atoms with Crippen LogP contribution in [0.2, 0.25) is 0 Å². The summed E-state index contributed by atoms with van der Waals surface area (Å²) in [6.07, 6.45) is 3.76. The summed E-state index contributed by atoms with van der Waals surface area (Å²) in [5.41, 5.74) is 3.87. The molecule has 4 aromatic rings. The molecule has 0 bridgehead atoms. The fourth-order valence-corrected chi connectivity index (χ4v) is 4.41. The highest BCUT2D eigenvalue weighted by molar-refractivity contribution is 6.06. The minimum Gasteiger partial charge on any atom is -0.497 e. The largest absolute Gasteiger partial charge is 0.497 e. The van der Waals surface area contributed by atoms with Crippen molar-refractivity contribution in [1.29, 1.82) is 0 Å². The van der Waals surface area contributed by atoms with E-state index in [1.54, 1.807) is 54.7 Å². The molecule has 4 rings (SSSR count). The lowest BCUT2D eigenvalue weighted by Gasteiger charge is -2.24. The number of hydrogen-bond acceptors (Lipinski definition) is 5. The number of carbonyl (C=O) groups excluding carboxylic acids is 2. The van der Waals surface area contributed by atoms with Crippen LogP contribution in [0.4, 0.5) is 0 Å². The first-order chi connectivity index (χ1) is 19.5. The molecule has 2 N–H and O–H groups in total. The van der Waals surface area contributed by atoms with E-state index >= 15 is 0 Å². The lowest BCUT2D eigenvalue weighted by molar-refractivity contribution is -0.137. The summed E-state index contributed by atoms with van der Waals surface area (Å²) in [5, 5.41) is 12.3. The maximum absolute atomic E-state index is 13.8. The van der Waals surface area contributed by atoms with E-state index < -0.39 is 5.97 Å². The van der Waals surface area contributed by atoms with Gasteiger partial charge in [-0.25, -0.2) is 0 Å². The Morgan fingerprint density at radius 3 is 2.25 bits per heavy atom. The number of nitrogens with one attached hydrogen (secondary N) is 1. The summed E-state index contributed by atoms with van der Waals surface area (Å²) >= 11 is 0. The van der Waals surface area contributed by atoms with Crippen molar-refractivity contribution in [2.24, 2.45) is 0 Å². The topological polar surface area (TPSA) is 109 Å². The Morgan fingerprint density at radius 2 is 1.55 bits per heavy atom. The molecule has 40 heavy (non-hydrogen) atoms. The average Bonchev–Trinajstić information content (AvgIpc) is 3.00. The van der Waals surface area contributed by atoms with E-state index in [1.165, 1.54) is 0 Å².